The van der Waals surface area contributed by atoms with Crippen LogP contribution in [0, 0.1) is 5.41 Å². The van der Waals surface area contributed by atoms with E-state index in [0.29, 0.717) is 13.0 Å². The van der Waals surface area contributed by atoms with E-state index in [0.717, 1.165) is 38.3 Å². The van der Waals surface area contributed by atoms with E-state index >= 15 is 0 Å². The molecule has 0 amide bonds. The summed E-state index contributed by atoms with van der Waals surface area (Å²) in [6, 6.07) is 0. The summed E-state index contributed by atoms with van der Waals surface area (Å²) in [5, 5.41) is 15.7. The lowest BCUT2D eigenvalue weighted by Crippen LogP contribution is -2.39. The summed E-state index contributed by atoms with van der Waals surface area (Å²) in [6.45, 7) is 4.11. The summed E-state index contributed by atoms with van der Waals surface area (Å²) >= 11 is 0. The van der Waals surface area contributed by atoms with Gasteiger partial charge in [-0.05, 0) is 38.0 Å². The molecular formula is C15H31FIN3O. The zero-order valence-electron chi connectivity index (χ0n) is 13.2. The van der Waals surface area contributed by atoms with Crippen LogP contribution >= 0.6 is 24.0 Å². The normalized spacial score (nSPS) is 18.0. The Balaban J connectivity index is 0.00000400. The van der Waals surface area contributed by atoms with Gasteiger partial charge in [0.15, 0.2) is 5.96 Å². The maximum atomic E-state index is 12.1. The average Bonchev–Trinajstić information content (AvgIpc) is 2.46. The lowest BCUT2D eigenvalue weighted by atomic mass is 9.72. The number of aliphatic imine (C=N–C) groups is 1. The SMILES string of the molecule is CCNC(=NCC1(CCO)CCCCC1)NCCCF.I. The van der Waals surface area contributed by atoms with E-state index < -0.39 is 0 Å². The molecule has 0 aromatic carbocycles. The molecule has 0 unspecified atom stereocenters. The fourth-order valence-corrected chi connectivity index (χ4v) is 2.89. The van der Waals surface area contributed by atoms with Crippen molar-refractivity contribution in [2.45, 2.75) is 51.9 Å². The second-order valence-corrected chi connectivity index (χ2v) is 5.70. The summed E-state index contributed by atoms with van der Waals surface area (Å²) in [4.78, 5) is 4.66. The number of hydrogen-bond acceptors (Lipinski definition) is 2. The number of aliphatic hydroxyl groups is 1. The zero-order valence-corrected chi connectivity index (χ0v) is 15.5. The second-order valence-electron chi connectivity index (χ2n) is 5.70. The van der Waals surface area contributed by atoms with Crippen LogP contribution in [-0.4, -0.2) is 44.0 Å². The van der Waals surface area contributed by atoms with Gasteiger partial charge in [-0.25, -0.2) is 0 Å². The molecule has 1 aliphatic carbocycles. The molecule has 0 heterocycles. The van der Waals surface area contributed by atoms with E-state index in [1.807, 2.05) is 6.92 Å². The Morgan fingerprint density at radius 1 is 1.24 bits per heavy atom. The van der Waals surface area contributed by atoms with Crippen LogP contribution in [0.5, 0.6) is 0 Å². The van der Waals surface area contributed by atoms with Gasteiger partial charge in [0.05, 0.1) is 6.67 Å². The number of halogens is 2. The molecule has 0 radical (unpaired) electrons. The smallest absolute Gasteiger partial charge is 0.191 e. The van der Waals surface area contributed by atoms with Crippen LogP contribution in [0.1, 0.15) is 51.9 Å². The van der Waals surface area contributed by atoms with E-state index in [1.54, 1.807) is 0 Å². The Morgan fingerprint density at radius 3 is 2.52 bits per heavy atom. The van der Waals surface area contributed by atoms with Gasteiger partial charge in [-0.2, -0.15) is 0 Å². The molecule has 1 fully saturated rings. The van der Waals surface area contributed by atoms with Gasteiger partial charge < -0.3 is 15.7 Å². The van der Waals surface area contributed by atoms with E-state index in [2.05, 4.69) is 15.6 Å². The zero-order chi connectivity index (χ0) is 14.7. The Hall–Kier alpha value is -0.110. The molecule has 6 heteroatoms. The number of aliphatic hydroxyl groups excluding tert-OH is 1. The molecule has 4 nitrogen and oxygen atoms in total. The molecule has 21 heavy (non-hydrogen) atoms. The van der Waals surface area contributed by atoms with Gasteiger partial charge in [0, 0.05) is 26.2 Å². The summed E-state index contributed by atoms with van der Waals surface area (Å²) in [5.74, 6) is 0.767. The van der Waals surface area contributed by atoms with Crippen LogP contribution in [0.4, 0.5) is 4.39 Å². The summed E-state index contributed by atoms with van der Waals surface area (Å²) in [7, 11) is 0. The van der Waals surface area contributed by atoms with Crippen molar-refractivity contribution in [3.05, 3.63) is 0 Å². The highest BCUT2D eigenvalue weighted by atomic mass is 127. The first-order valence-electron chi connectivity index (χ1n) is 7.95. The molecule has 0 aromatic heterocycles. The van der Waals surface area contributed by atoms with Crippen molar-refractivity contribution in [3.8, 4) is 0 Å². The third-order valence-corrected chi connectivity index (χ3v) is 4.08. The fourth-order valence-electron chi connectivity index (χ4n) is 2.89. The number of nitrogens with one attached hydrogen (secondary N) is 2. The number of alkyl halides is 1. The number of guanidine groups is 1. The van der Waals surface area contributed by atoms with Crippen molar-refractivity contribution in [3.63, 3.8) is 0 Å². The minimum Gasteiger partial charge on any atom is -0.396 e. The quantitative estimate of drug-likeness (QED) is 0.247. The molecule has 1 saturated carbocycles. The largest absolute Gasteiger partial charge is 0.396 e. The van der Waals surface area contributed by atoms with Crippen molar-refractivity contribution in [1.82, 2.24) is 10.6 Å². The molecular weight excluding hydrogens is 384 g/mol. The van der Waals surface area contributed by atoms with E-state index in [-0.39, 0.29) is 42.7 Å². The van der Waals surface area contributed by atoms with Crippen LogP contribution in [0.15, 0.2) is 4.99 Å². The van der Waals surface area contributed by atoms with Crippen molar-refractivity contribution in [2.75, 3.05) is 32.9 Å². The van der Waals surface area contributed by atoms with Crippen molar-refractivity contribution >= 4 is 29.9 Å². The first-order chi connectivity index (χ1) is 9.76. The Bertz CT molecular complexity index is 279. The average molecular weight is 415 g/mol. The molecule has 126 valence electrons. The monoisotopic (exact) mass is 415 g/mol. The second kappa shape index (κ2) is 12.4. The Labute approximate surface area is 145 Å². The van der Waals surface area contributed by atoms with E-state index in [9.17, 15) is 9.50 Å². The highest BCUT2D eigenvalue weighted by Crippen LogP contribution is 2.39. The minimum atomic E-state index is -0.305. The van der Waals surface area contributed by atoms with Gasteiger partial charge in [0.25, 0.3) is 0 Å². The molecule has 3 N–H and O–H groups in total. The number of nitrogens with zero attached hydrogens (tertiary/aromatic N) is 1. The third-order valence-electron chi connectivity index (χ3n) is 4.08. The van der Waals surface area contributed by atoms with Gasteiger partial charge in [-0.3, -0.25) is 9.38 Å². The predicted molar refractivity (Wildman–Crippen MR) is 97.2 cm³/mol. The molecule has 1 rings (SSSR count). The number of hydrogen-bond donors (Lipinski definition) is 3. The van der Waals surface area contributed by atoms with Gasteiger partial charge in [-0.1, -0.05) is 19.3 Å². The van der Waals surface area contributed by atoms with Crippen LogP contribution in [0.3, 0.4) is 0 Å². The van der Waals surface area contributed by atoms with Crippen LogP contribution in [0.2, 0.25) is 0 Å². The highest BCUT2D eigenvalue weighted by molar-refractivity contribution is 14.0. The maximum Gasteiger partial charge on any atom is 0.191 e. The summed E-state index contributed by atoms with van der Waals surface area (Å²) in [6.07, 6.45) is 7.42. The molecule has 0 spiro atoms. The maximum absolute atomic E-state index is 12.1. The minimum absolute atomic E-state index is 0. The summed E-state index contributed by atoms with van der Waals surface area (Å²) < 4.78 is 12.1. The van der Waals surface area contributed by atoms with E-state index in [4.69, 9.17) is 0 Å². The van der Waals surface area contributed by atoms with Gasteiger partial charge in [0.1, 0.15) is 0 Å². The van der Waals surface area contributed by atoms with Crippen molar-refractivity contribution in [2.24, 2.45) is 10.4 Å². The molecule has 0 aliphatic heterocycles. The van der Waals surface area contributed by atoms with Crippen molar-refractivity contribution in [1.29, 1.82) is 0 Å². The Kier molecular flexibility index (Phi) is 12.4. The Morgan fingerprint density at radius 2 is 1.95 bits per heavy atom. The van der Waals surface area contributed by atoms with Crippen LogP contribution in [0.25, 0.3) is 0 Å². The highest BCUT2D eigenvalue weighted by Gasteiger charge is 2.31. The lowest BCUT2D eigenvalue weighted by Gasteiger charge is -2.35. The first-order valence-corrected chi connectivity index (χ1v) is 7.95. The fraction of sp³-hybridized carbons (Fsp3) is 0.933. The molecule has 0 saturated heterocycles. The third kappa shape index (κ3) is 8.18. The van der Waals surface area contributed by atoms with Gasteiger partial charge in [0.2, 0.25) is 0 Å². The predicted octanol–water partition coefficient (Wildman–Crippen LogP) is 2.85. The topological polar surface area (TPSA) is 56.7 Å². The standard InChI is InChI=1S/C15H30FN3O.HI/c1-2-17-14(18-11-6-10-16)19-13-15(9-12-20)7-4-3-5-8-15;/h20H,2-13H2,1H3,(H2,17,18,19);1H. The van der Waals surface area contributed by atoms with Gasteiger partial charge in [-0.15, -0.1) is 24.0 Å². The van der Waals surface area contributed by atoms with E-state index in [1.165, 1.54) is 19.3 Å². The van der Waals surface area contributed by atoms with Gasteiger partial charge >= 0.3 is 0 Å². The number of rotatable bonds is 8. The molecule has 0 aromatic rings. The molecule has 0 bridgehead atoms. The molecule has 1 aliphatic rings. The lowest BCUT2D eigenvalue weighted by molar-refractivity contribution is 0.137. The first kappa shape index (κ1) is 20.9. The van der Waals surface area contributed by atoms with Crippen LogP contribution in [-0.2, 0) is 0 Å². The molecule has 0 atom stereocenters. The van der Waals surface area contributed by atoms with Crippen molar-refractivity contribution < 1.29 is 9.50 Å². The summed E-state index contributed by atoms with van der Waals surface area (Å²) in [5.41, 5.74) is 0.162. The van der Waals surface area contributed by atoms with Crippen LogP contribution < -0.4 is 10.6 Å².